The van der Waals surface area contributed by atoms with Crippen LogP contribution in [0, 0.1) is 6.92 Å². The molecule has 5 nitrogen and oxygen atoms in total. The van der Waals surface area contributed by atoms with Crippen LogP contribution in [-0.4, -0.2) is 22.2 Å². The number of hydrogen-bond acceptors (Lipinski definition) is 5. The Morgan fingerprint density at radius 1 is 0.968 bits per heavy atom. The Morgan fingerprint density at radius 2 is 1.58 bits per heavy atom. The SMILES string of the molecule is C=C(CC)C(=O)OC(CCCCCCCCC)Oc1ccc(-c2ncc(C)cn2)cc1. The van der Waals surface area contributed by atoms with E-state index in [-0.39, 0.29) is 5.97 Å². The van der Waals surface area contributed by atoms with Gasteiger partial charge >= 0.3 is 5.97 Å². The summed E-state index contributed by atoms with van der Waals surface area (Å²) < 4.78 is 11.6. The lowest BCUT2D eigenvalue weighted by Gasteiger charge is -2.20. The quantitative estimate of drug-likeness (QED) is 0.144. The van der Waals surface area contributed by atoms with Crippen LogP contribution in [-0.2, 0) is 9.53 Å². The molecule has 1 atom stereocenters. The summed E-state index contributed by atoms with van der Waals surface area (Å²) in [5.74, 6) is 0.932. The molecule has 0 fully saturated rings. The molecule has 1 heterocycles. The van der Waals surface area contributed by atoms with E-state index in [2.05, 4.69) is 23.5 Å². The topological polar surface area (TPSA) is 61.3 Å². The number of carbonyl (C=O) groups excluding carboxylic acids is 1. The number of nitrogens with zero attached hydrogens (tertiary/aromatic N) is 2. The van der Waals surface area contributed by atoms with Crippen LogP contribution in [0.4, 0.5) is 0 Å². The van der Waals surface area contributed by atoms with Gasteiger partial charge in [-0.1, -0.05) is 59.0 Å². The van der Waals surface area contributed by atoms with Crippen molar-refractivity contribution in [1.29, 1.82) is 0 Å². The maximum Gasteiger partial charge on any atom is 0.336 e. The summed E-state index contributed by atoms with van der Waals surface area (Å²) in [6, 6.07) is 7.55. The van der Waals surface area contributed by atoms with E-state index >= 15 is 0 Å². The Kier molecular flexibility index (Phi) is 10.8. The molecule has 0 radical (unpaired) electrons. The average molecular weight is 425 g/mol. The fourth-order valence-electron chi connectivity index (χ4n) is 3.13. The normalized spacial score (nSPS) is 11.7. The van der Waals surface area contributed by atoms with Gasteiger partial charge in [-0.15, -0.1) is 0 Å². The number of rotatable bonds is 14. The van der Waals surface area contributed by atoms with Gasteiger partial charge in [0, 0.05) is 30.0 Å². The molecule has 1 aromatic heterocycles. The largest absolute Gasteiger partial charge is 0.455 e. The van der Waals surface area contributed by atoms with E-state index in [0.717, 1.165) is 24.0 Å². The zero-order chi connectivity index (χ0) is 22.5. The molecule has 1 unspecified atom stereocenters. The number of benzene rings is 1. The second kappa shape index (κ2) is 13.6. The van der Waals surface area contributed by atoms with Gasteiger partial charge in [-0.3, -0.25) is 0 Å². The first-order chi connectivity index (χ1) is 15.0. The highest BCUT2D eigenvalue weighted by atomic mass is 16.7. The van der Waals surface area contributed by atoms with Crippen LogP contribution in [0.3, 0.4) is 0 Å². The number of aromatic nitrogens is 2. The van der Waals surface area contributed by atoms with E-state index in [9.17, 15) is 4.79 Å². The highest BCUT2D eigenvalue weighted by Gasteiger charge is 2.17. The van der Waals surface area contributed by atoms with E-state index in [0.29, 0.717) is 30.0 Å². The molecule has 31 heavy (non-hydrogen) atoms. The minimum absolute atomic E-state index is 0.389. The summed E-state index contributed by atoms with van der Waals surface area (Å²) in [6.07, 6.45) is 12.6. The van der Waals surface area contributed by atoms with Crippen molar-refractivity contribution in [3.8, 4) is 17.1 Å². The van der Waals surface area contributed by atoms with Crippen LogP contribution in [0.2, 0.25) is 0 Å². The first-order valence-corrected chi connectivity index (χ1v) is 11.5. The van der Waals surface area contributed by atoms with E-state index in [1.165, 1.54) is 32.1 Å². The minimum Gasteiger partial charge on any atom is -0.455 e. The average Bonchev–Trinajstić information content (AvgIpc) is 2.78. The minimum atomic E-state index is -0.618. The number of carbonyl (C=O) groups is 1. The van der Waals surface area contributed by atoms with Crippen LogP contribution in [0.25, 0.3) is 11.4 Å². The van der Waals surface area contributed by atoms with E-state index in [1.807, 2.05) is 38.1 Å². The molecule has 168 valence electrons. The van der Waals surface area contributed by atoms with Crippen LogP contribution < -0.4 is 4.74 Å². The number of esters is 1. The standard InChI is InChI=1S/C26H36N2O3/c1-5-7-8-9-10-11-12-13-24(31-26(29)21(4)6-2)30-23-16-14-22(15-17-23)25-27-18-20(3)19-28-25/h14-19,24H,4-13H2,1-3H3. The molecule has 0 spiro atoms. The fraction of sp³-hybridized carbons (Fsp3) is 0.500. The van der Waals surface area contributed by atoms with Gasteiger partial charge in [0.1, 0.15) is 5.75 Å². The molecule has 0 saturated carbocycles. The molecule has 0 bridgehead atoms. The Bertz CT molecular complexity index is 800. The second-order valence-electron chi connectivity index (χ2n) is 7.93. The molecule has 0 saturated heterocycles. The predicted octanol–water partition coefficient (Wildman–Crippen LogP) is 6.81. The molecule has 0 amide bonds. The van der Waals surface area contributed by atoms with Crippen LogP contribution in [0.1, 0.15) is 77.2 Å². The molecule has 0 aliphatic carbocycles. The van der Waals surface area contributed by atoms with Crippen LogP contribution >= 0.6 is 0 Å². The van der Waals surface area contributed by atoms with Gasteiger partial charge < -0.3 is 9.47 Å². The summed E-state index contributed by atoms with van der Waals surface area (Å²) in [4.78, 5) is 20.9. The lowest BCUT2D eigenvalue weighted by Crippen LogP contribution is -2.25. The molecule has 2 rings (SSSR count). The van der Waals surface area contributed by atoms with Crippen molar-refractivity contribution in [3.05, 3.63) is 54.4 Å². The molecular weight excluding hydrogens is 388 g/mol. The summed E-state index contributed by atoms with van der Waals surface area (Å²) >= 11 is 0. The van der Waals surface area contributed by atoms with Crippen molar-refractivity contribution in [1.82, 2.24) is 9.97 Å². The Morgan fingerprint density at radius 3 is 2.19 bits per heavy atom. The third-order valence-electron chi connectivity index (χ3n) is 5.16. The summed E-state index contributed by atoms with van der Waals surface area (Å²) in [5.41, 5.74) is 2.39. The van der Waals surface area contributed by atoms with Gasteiger partial charge in [0.25, 0.3) is 0 Å². The number of hydrogen-bond donors (Lipinski definition) is 0. The van der Waals surface area contributed by atoms with Gasteiger partial charge in [0.2, 0.25) is 6.29 Å². The molecule has 0 N–H and O–H groups in total. The molecule has 0 aliphatic rings. The predicted molar refractivity (Wildman–Crippen MR) is 125 cm³/mol. The van der Waals surface area contributed by atoms with Crippen molar-refractivity contribution in [2.24, 2.45) is 0 Å². The first-order valence-electron chi connectivity index (χ1n) is 11.5. The maximum absolute atomic E-state index is 12.2. The molecule has 1 aromatic carbocycles. The molecule has 2 aromatic rings. The van der Waals surface area contributed by atoms with Gasteiger partial charge in [-0.25, -0.2) is 14.8 Å². The number of aryl methyl sites for hydroxylation is 1. The maximum atomic E-state index is 12.2. The Balaban J connectivity index is 1.94. The van der Waals surface area contributed by atoms with E-state index < -0.39 is 6.29 Å². The third kappa shape index (κ3) is 8.91. The second-order valence-corrected chi connectivity index (χ2v) is 7.93. The smallest absolute Gasteiger partial charge is 0.336 e. The highest BCUT2D eigenvalue weighted by Crippen LogP contribution is 2.22. The number of unbranched alkanes of at least 4 members (excludes halogenated alkanes) is 6. The van der Waals surface area contributed by atoms with Crippen LogP contribution in [0.5, 0.6) is 5.75 Å². The Labute approximate surface area is 186 Å². The monoisotopic (exact) mass is 424 g/mol. The highest BCUT2D eigenvalue weighted by molar-refractivity contribution is 5.87. The van der Waals surface area contributed by atoms with Crippen molar-refractivity contribution >= 4 is 5.97 Å². The first kappa shape index (κ1) is 24.6. The lowest BCUT2D eigenvalue weighted by molar-refractivity contribution is -0.159. The molecular formula is C26H36N2O3. The summed E-state index contributed by atoms with van der Waals surface area (Å²) in [5, 5.41) is 0. The van der Waals surface area contributed by atoms with Crippen molar-refractivity contribution in [2.75, 3.05) is 0 Å². The summed E-state index contributed by atoms with van der Waals surface area (Å²) in [6.45, 7) is 9.85. The third-order valence-corrected chi connectivity index (χ3v) is 5.16. The Hall–Kier alpha value is -2.69. The lowest BCUT2D eigenvalue weighted by atomic mass is 10.1. The van der Waals surface area contributed by atoms with Gasteiger partial charge in [-0.05, 0) is 49.6 Å². The number of ether oxygens (including phenoxy) is 2. The van der Waals surface area contributed by atoms with Gasteiger partial charge in [-0.2, -0.15) is 0 Å². The zero-order valence-corrected chi connectivity index (χ0v) is 19.2. The fourth-order valence-corrected chi connectivity index (χ4v) is 3.13. The van der Waals surface area contributed by atoms with Gasteiger partial charge in [0.05, 0.1) is 0 Å². The molecule has 0 aliphatic heterocycles. The summed E-state index contributed by atoms with van der Waals surface area (Å²) in [7, 11) is 0. The molecule has 5 heteroatoms. The van der Waals surface area contributed by atoms with E-state index in [1.54, 1.807) is 12.4 Å². The van der Waals surface area contributed by atoms with Crippen molar-refractivity contribution in [3.63, 3.8) is 0 Å². The van der Waals surface area contributed by atoms with Crippen molar-refractivity contribution in [2.45, 2.75) is 84.8 Å². The van der Waals surface area contributed by atoms with Crippen molar-refractivity contribution < 1.29 is 14.3 Å². The van der Waals surface area contributed by atoms with Gasteiger partial charge in [0.15, 0.2) is 5.82 Å². The van der Waals surface area contributed by atoms with E-state index in [4.69, 9.17) is 9.47 Å². The zero-order valence-electron chi connectivity index (χ0n) is 19.2. The van der Waals surface area contributed by atoms with Crippen LogP contribution in [0.15, 0.2) is 48.8 Å².